The lowest BCUT2D eigenvalue weighted by atomic mass is 10.0. The second-order valence-electron chi connectivity index (χ2n) is 7.38. The van der Waals surface area contributed by atoms with Gasteiger partial charge in [0.05, 0.1) is 19.5 Å². The van der Waals surface area contributed by atoms with Crippen LogP contribution >= 0.6 is 0 Å². The second-order valence-corrected chi connectivity index (χ2v) is 7.38. The summed E-state index contributed by atoms with van der Waals surface area (Å²) in [7, 11) is 1.64. The van der Waals surface area contributed by atoms with E-state index in [0.717, 1.165) is 33.3 Å². The van der Waals surface area contributed by atoms with Crippen molar-refractivity contribution in [1.29, 1.82) is 0 Å². The Labute approximate surface area is 184 Å². The number of carbonyl (C=O) groups is 1. The molecule has 2 aromatic carbocycles. The van der Waals surface area contributed by atoms with Gasteiger partial charge in [-0.05, 0) is 29.3 Å². The summed E-state index contributed by atoms with van der Waals surface area (Å²) in [6, 6.07) is 19.3. The normalized spacial score (nSPS) is 10.9. The Bertz CT molecular complexity index is 1360. The molecule has 1 amide bonds. The van der Waals surface area contributed by atoms with Gasteiger partial charge in [0.25, 0.3) is 5.91 Å². The van der Waals surface area contributed by atoms with Crippen LogP contribution in [-0.2, 0) is 6.54 Å². The number of hydrogen-bond acceptors (Lipinski definition) is 4. The molecule has 158 valence electrons. The van der Waals surface area contributed by atoms with Crippen molar-refractivity contribution in [3.63, 3.8) is 0 Å². The number of fused-ring (bicyclic) bond motifs is 1. The summed E-state index contributed by atoms with van der Waals surface area (Å²) in [5.41, 5.74) is 6.31. The number of pyridine rings is 1. The Hall–Kier alpha value is -4.39. The van der Waals surface area contributed by atoms with Gasteiger partial charge in [-0.3, -0.25) is 9.89 Å². The van der Waals surface area contributed by atoms with Crippen molar-refractivity contribution >= 4 is 11.4 Å². The molecule has 0 saturated heterocycles. The standard InChI is InChI=1S/C25H21N5O2/c1-32-23-11-20(21-13-27-28-14-21)16-30-24(23)22(15-29-30)18-7-9-19(10-8-18)25(31)26-12-17-5-3-2-4-6-17/h2-11,13-16H,12H2,1H3,(H,26,31)(H,27,28). The Kier molecular flexibility index (Phi) is 5.13. The highest BCUT2D eigenvalue weighted by molar-refractivity contribution is 5.95. The predicted octanol–water partition coefficient (Wildman–Crippen LogP) is 4.33. The van der Waals surface area contributed by atoms with Crippen LogP contribution in [0.5, 0.6) is 5.75 Å². The predicted molar refractivity (Wildman–Crippen MR) is 122 cm³/mol. The molecule has 0 aliphatic carbocycles. The molecule has 3 heterocycles. The van der Waals surface area contributed by atoms with Crippen LogP contribution in [0.1, 0.15) is 15.9 Å². The van der Waals surface area contributed by atoms with E-state index >= 15 is 0 Å². The Morgan fingerprint density at radius 3 is 2.56 bits per heavy atom. The molecule has 2 N–H and O–H groups in total. The first-order valence-corrected chi connectivity index (χ1v) is 10.2. The molecule has 7 heteroatoms. The molecule has 0 bridgehead atoms. The van der Waals surface area contributed by atoms with Gasteiger partial charge >= 0.3 is 0 Å². The van der Waals surface area contributed by atoms with E-state index in [1.807, 2.05) is 79.3 Å². The highest BCUT2D eigenvalue weighted by atomic mass is 16.5. The maximum Gasteiger partial charge on any atom is 0.251 e. The van der Waals surface area contributed by atoms with Crippen LogP contribution in [0.3, 0.4) is 0 Å². The van der Waals surface area contributed by atoms with Crippen LogP contribution in [0.2, 0.25) is 0 Å². The van der Waals surface area contributed by atoms with Gasteiger partial charge in [0.15, 0.2) is 0 Å². The number of methoxy groups -OCH3 is 1. The number of aromatic nitrogens is 4. The number of nitrogens with zero attached hydrogens (tertiary/aromatic N) is 3. The quantitative estimate of drug-likeness (QED) is 0.426. The number of ether oxygens (including phenoxy) is 1. The molecule has 0 aliphatic rings. The van der Waals surface area contributed by atoms with Crippen LogP contribution in [0.15, 0.2) is 85.5 Å². The third kappa shape index (κ3) is 3.72. The number of amides is 1. The molecular weight excluding hydrogens is 402 g/mol. The molecule has 5 aromatic rings. The molecule has 3 aromatic heterocycles. The van der Waals surface area contributed by atoms with Gasteiger partial charge in [-0.1, -0.05) is 42.5 Å². The highest BCUT2D eigenvalue weighted by Crippen LogP contribution is 2.34. The van der Waals surface area contributed by atoms with Gasteiger partial charge in [0, 0.05) is 41.2 Å². The first-order valence-electron chi connectivity index (χ1n) is 10.2. The van der Waals surface area contributed by atoms with Gasteiger partial charge in [0.1, 0.15) is 11.3 Å². The fourth-order valence-electron chi connectivity index (χ4n) is 3.70. The third-order valence-electron chi connectivity index (χ3n) is 5.38. The van der Waals surface area contributed by atoms with Crippen LogP contribution in [0.25, 0.3) is 27.8 Å². The van der Waals surface area contributed by atoms with E-state index in [9.17, 15) is 4.79 Å². The average molecular weight is 423 g/mol. The lowest BCUT2D eigenvalue weighted by molar-refractivity contribution is 0.0951. The molecule has 0 aliphatic heterocycles. The second kappa shape index (κ2) is 8.39. The lowest BCUT2D eigenvalue weighted by Crippen LogP contribution is -2.22. The van der Waals surface area contributed by atoms with Crippen LogP contribution in [-0.4, -0.2) is 32.8 Å². The van der Waals surface area contributed by atoms with Crippen molar-refractivity contribution < 1.29 is 9.53 Å². The number of H-pyrrole nitrogens is 1. The van der Waals surface area contributed by atoms with Gasteiger partial charge in [-0.15, -0.1) is 0 Å². The first kappa shape index (κ1) is 19.6. The van der Waals surface area contributed by atoms with E-state index in [4.69, 9.17) is 4.74 Å². The third-order valence-corrected chi connectivity index (χ3v) is 5.38. The summed E-state index contributed by atoms with van der Waals surface area (Å²) in [5, 5.41) is 14.3. The summed E-state index contributed by atoms with van der Waals surface area (Å²) < 4.78 is 7.47. The van der Waals surface area contributed by atoms with Crippen LogP contribution in [0, 0.1) is 0 Å². The molecule has 5 rings (SSSR count). The number of aromatic amines is 1. The van der Waals surface area contributed by atoms with Gasteiger partial charge in [-0.2, -0.15) is 10.2 Å². The number of hydrogen-bond donors (Lipinski definition) is 2. The largest absolute Gasteiger partial charge is 0.494 e. The molecule has 0 atom stereocenters. The minimum Gasteiger partial charge on any atom is -0.494 e. The molecule has 7 nitrogen and oxygen atoms in total. The molecule has 0 fully saturated rings. The van der Waals surface area contributed by atoms with E-state index in [1.165, 1.54) is 0 Å². The van der Waals surface area contributed by atoms with Crippen molar-refractivity contribution in [2.24, 2.45) is 0 Å². The van der Waals surface area contributed by atoms with Gasteiger partial charge in [-0.25, -0.2) is 4.52 Å². The van der Waals surface area contributed by atoms with Crippen LogP contribution < -0.4 is 10.1 Å². The average Bonchev–Trinajstić information content (AvgIpc) is 3.53. The van der Waals surface area contributed by atoms with Crippen molar-refractivity contribution in [2.75, 3.05) is 7.11 Å². The van der Waals surface area contributed by atoms with Crippen molar-refractivity contribution in [2.45, 2.75) is 6.54 Å². The lowest BCUT2D eigenvalue weighted by Gasteiger charge is -2.09. The zero-order valence-corrected chi connectivity index (χ0v) is 17.4. The van der Waals surface area contributed by atoms with E-state index in [2.05, 4.69) is 20.6 Å². The minimum absolute atomic E-state index is 0.109. The smallest absolute Gasteiger partial charge is 0.251 e. The fraction of sp³-hybridized carbons (Fsp3) is 0.0800. The van der Waals surface area contributed by atoms with Crippen molar-refractivity contribution in [1.82, 2.24) is 25.1 Å². The zero-order valence-electron chi connectivity index (χ0n) is 17.4. The summed E-state index contributed by atoms with van der Waals surface area (Å²) >= 11 is 0. The van der Waals surface area contributed by atoms with E-state index in [0.29, 0.717) is 17.9 Å². The topological polar surface area (TPSA) is 84.3 Å². The zero-order chi connectivity index (χ0) is 21.9. The molecular formula is C25H21N5O2. The van der Waals surface area contributed by atoms with E-state index < -0.39 is 0 Å². The Balaban J connectivity index is 1.41. The number of nitrogens with one attached hydrogen (secondary N) is 2. The number of carbonyl (C=O) groups excluding carboxylic acids is 1. The monoisotopic (exact) mass is 423 g/mol. The SMILES string of the molecule is COc1cc(-c2cn[nH]c2)cn2ncc(-c3ccc(C(=O)NCc4ccccc4)cc3)c12. The van der Waals surface area contributed by atoms with Crippen molar-refractivity contribution in [3.8, 4) is 28.0 Å². The molecule has 0 unspecified atom stereocenters. The van der Waals surface area contributed by atoms with E-state index in [1.54, 1.807) is 17.8 Å². The summed E-state index contributed by atoms with van der Waals surface area (Å²) in [5.74, 6) is 0.600. The van der Waals surface area contributed by atoms with Crippen LogP contribution in [0.4, 0.5) is 0 Å². The molecule has 0 radical (unpaired) electrons. The van der Waals surface area contributed by atoms with E-state index in [-0.39, 0.29) is 5.91 Å². The minimum atomic E-state index is -0.109. The Morgan fingerprint density at radius 2 is 1.84 bits per heavy atom. The molecule has 0 saturated carbocycles. The number of benzene rings is 2. The fourth-order valence-corrected chi connectivity index (χ4v) is 3.70. The van der Waals surface area contributed by atoms with Crippen molar-refractivity contribution in [3.05, 3.63) is 96.6 Å². The molecule has 0 spiro atoms. The molecule has 32 heavy (non-hydrogen) atoms. The maximum absolute atomic E-state index is 12.5. The summed E-state index contributed by atoms with van der Waals surface area (Å²) in [4.78, 5) is 12.5. The summed E-state index contributed by atoms with van der Waals surface area (Å²) in [6.45, 7) is 0.492. The number of rotatable bonds is 6. The summed E-state index contributed by atoms with van der Waals surface area (Å²) in [6.07, 6.45) is 7.33. The Morgan fingerprint density at radius 1 is 1.03 bits per heavy atom. The van der Waals surface area contributed by atoms with Gasteiger partial charge < -0.3 is 10.1 Å². The van der Waals surface area contributed by atoms with Gasteiger partial charge in [0.2, 0.25) is 0 Å². The highest BCUT2D eigenvalue weighted by Gasteiger charge is 2.15. The first-order chi connectivity index (χ1) is 15.7. The maximum atomic E-state index is 12.5.